The van der Waals surface area contributed by atoms with Crippen LogP contribution in [0.2, 0.25) is 0 Å². The molecule has 7 nitrogen and oxygen atoms in total. The lowest BCUT2D eigenvalue weighted by molar-refractivity contribution is -0.134. The molecule has 0 saturated heterocycles. The van der Waals surface area contributed by atoms with E-state index in [1.165, 1.54) is 32.2 Å². The van der Waals surface area contributed by atoms with Crippen LogP contribution in [0.1, 0.15) is 24.2 Å². The van der Waals surface area contributed by atoms with Crippen molar-refractivity contribution in [3.05, 3.63) is 23.8 Å². The zero-order valence-electron chi connectivity index (χ0n) is 11.6. The summed E-state index contributed by atoms with van der Waals surface area (Å²) in [7, 11) is 1.43. The first-order chi connectivity index (χ1) is 9.28. The summed E-state index contributed by atoms with van der Waals surface area (Å²) in [4.78, 5) is 19.2. The van der Waals surface area contributed by atoms with Crippen LogP contribution in [-0.2, 0) is 4.79 Å². The number of rotatable bonds is 3. The molecule has 1 aromatic carbocycles. The van der Waals surface area contributed by atoms with Crippen molar-refractivity contribution in [2.75, 3.05) is 13.7 Å². The Labute approximate surface area is 117 Å². The van der Waals surface area contributed by atoms with Gasteiger partial charge in [-0.1, -0.05) is 0 Å². The molecule has 0 spiro atoms. The number of phenols is 1. The van der Waals surface area contributed by atoms with Crippen LogP contribution < -0.4 is 4.74 Å². The van der Waals surface area contributed by atoms with Crippen LogP contribution in [0.15, 0.2) is 18.2 Å². The van der Waals surface area contributed by atoms with Crippen LogP contribution in [-0.4, -0.2) is 52.5 Å². The van der Waals surface area contributed by atoms with Crippen molar-refractivity contribution in [3.8, 4) is 11.5 Å². The first kappa shape index (κ1) is 20.2. The Kier molecular flexibility index (Phi) is 12.1. The molecule has 4 N–H and O–H groups in total. The number of carboxylic acids is 1. The molecule has 7 heteroatoms. The minimum atomic E-state index is -0.833. The van der Waals surface area contributed by atoms with Gasteiger partial charge < -0.3 is 25.2 Å². The molecule has 0 fully saturated rings. The van der Waals surface area contributed by atoms with Gasteiger partial charge in [0.1, 0.15) is 6.29 Å². The van der Waals surface area contributed by atoms with Gasteiger partial charge in [0.25, 0.3) is 5.97 Å². The normalized spacial score (nSPS) is 10.1. The number of aldehydes is 1. The number of aliphatic hydroxyl groups is 2. The average molecular weight is 288 g/mol. The molecule has 1 unspecified atom stereocenters. The average Bonchev–Trinajstić information content (AvgIpc) is 2.39. The summed E-state index contributed by atoms with van der Waals surface area (Å²) in [6, 6.07) is 4.41. The van der Waals surface area contributed by atoms with Crippen molar-refractivity contribution in [2.24, 2.45) is 0 Å². The largest absolute Gasteiger partial charge is 0.504 e. The van der Waals surface area contributed by atoms with Crippen LogP contribution in [0.4, 0.5) is 0 Å². The number of carboxylic acid groups (broad SMARTS) is 1. The highest BCUT2D eigenvalue weighted by molar-refractivity contribution is 5.76. The van der Waals surface area contributed by atoms with Gasteiger partial charge in [0.15, 0.2) is 11.5 Å². The number of carbonyl (C=O) groups is 2. The van der Waals surface area contributed by atoms with E-state index >= 15 is 0 Å². The van der Waals surface area contributed by atoms with E-state index in [1.807, 2.05) is 0 Å². The minimum absolute atomic E-state index is 0.0399. The predicted octanol–water partition coefficient (Wildman–Crippen LogP) is 0.664. The minimum Gasteiger partial charge on any atom is -0.504 e. The molecular weight excluding hydrogens is 268 g/mol. The van der Waals surface area contributed by atoms with Gasteiger partial charge in [-0.05, 0) is 25.1 Å². The Hall–Kier alpha value is -2.12. The summed E-state index contributed by atoms with van der Waals surface area (Å²) >= 11 is 0. The second-order valence-corrected chi connectivity index (χ2v) is 3.60. The first-order valence-corrected chi connectivity index (χ1v) is 5.59. The highest BCUT2D eigenvalue weighted by Gasteiger charge is 2.00. The molecule has 1 aromatic rings. The monoisotopic (exact) mass is 288 g/mol. The molecule has 0 aliphatic rings. The van der Waals surface area contributed by atoms with Crippen LogP contribution in [0.5, 0.6) is 11.5 Å². The third kappa shape index (κ3) is 12.3. The number of ether oxygens (including phenoxy) is 1. The van der Waals surface area contributed by atoms with E-state index in [2.05, 4.69) is 0 Å². The molecule has 0 radical (unpaired) electrons. The third-order valence-electron chi connectivity index (χ3n) is 1.60. The van der Waals surface area contributed by atoms with E-state index in [4.69, 9.17) is 30.0 Å². The highest BCUT2D eigenvalue weighted by Crippen LogP contribution is 2.25. The fourth-order valence-electron chi connectivity index (χ4n) is 0.768. The smallest absolute Gasteiger partial charge is 0.300 e. The van der Waals surface area contributed by atoms with Gasteiger partial charge in [-0.2, -0.15) is 0 Å². The number of hydrogen-bond donors (Lipinski definition) is 4. The molecular formula is C13H20O7. The van der Waals surface area contributed by atoms with Crippen molar-refractivity contribution in [1.82, 2.24) is 0 Å². The molecule has 0 saturated carbocycles. The van der Waals surface area contributed by atoms with E-state index in [9.17, 15) is 4.79 Å². The molecule has 114 valence electrons. The number of aromatic hydroxyl groups is 1. The van der Waals surface area contributed by atoms with E-state index < -0.39 is 12.1 Å². The Morgan fingerprint density at radius 1 is 1.45 bits per heavy atom. The fourth-order valence-corrected chi connectivity index (χ4v) is 0.768. The van der Waals surface area contributed by atoms with Crippen LogP contribution in [0, 0.1) is 0 Å². The third-order valence-corrected chi connectivity index (χ3v) is 1.60. The van der Waals surface area contributed by atoms with E-state index in [-0.39, 0.29) is 12.4 Å². The van der Waals surface area contributed by atoms with Crippen LogP contribution >= 0.6 is 0 Å². The summed E-state index contributed by atoms with van der Waals surface area (Å²) in [5.74, 6) is -0.479. The molecule has 0 aliphatic carbocycles. The molecule has 0 amide bonds. The molecule has 0 aliphatic heterocycles. The Morgan fingerprint density at radius 3 is 2.20 bits per heavy atom. The number of hydrogen-bond acceptors (Lipinski definition) is 6. The zero-order valence-corrected chi connectivity index (χ0v) is 11.6. The number of phenolic OH excluding ortho intramolecular Hbond substituents is 1. The predicted molar refractivity (Wildman–Crippen MR) is 72.1 cm³/mol. The summed E-state index contributed by atoms with van der Waals surface area (Å²) in [5, 5.41) is 32.5. The quantitative estimate of drug-likeness (QED) is 0.602. The maximum atomic E-state index is 10.2. The van der Waals surface area contributed by atoms with Crippen molar-refractivity contribution >= 4 is 12.3 Å². The summed E-state index contributed by atoms with van der Waals surface area (Å²) < 4.78 is 4.78. The lowest BCUT2D eigenvalue weighted by atomic mass is 10.2. The van der Waals surface area contributed by atoms with Gasteiger partial charge in [-0.3, -0.25) is 9.59 Å². The number of methoxy groups -OCH3 is 1. The Balaban J connectivity index is 0. The molecule has 0 bridgehead atoms. The van der Waals surface area contributed by atoms with E-state index in [0.717, 1.165) is 6.92 Å². The maximum absolute atomic E-state index is 10.2. The van der Waals surface area contributed by atoms with Crippen LogP contribution in [0.3, 0.4) is 0 Å². The number of aliphatic carboxylic acids is 1. The Morgan fingerprint density at radius 2 is 1.90 bits per heavy atom. The zero-order chi connectivity index (χ0) is 16.1. The highest BCUT2D eigenvalue weighted by atomic mass is 16.5. The summed E-state index contributed by atoms with van der Waals surface area (Å²) in [5.41, 5.74) is 0.486. The molecule has 1 atom stereocenters. The van der Waals surface area contributed by atoms with Crippen molar-refractivity contribution in [3.63, 3.8) is 0 Å². The van der Waals surface area contributed by atoms with E-state index in [1.54, 1.807) is 0 Å². The second kappa shape index (κ2) is 11.9. The lowest BCUT2D eigenvalue weighted by Gasteiger charge is -2.01. The summed E-state index contributed by atoms with van der Waals surface area (Å²) in [6.07, 6.45) is 0.136. The van der Waals surface area contributed by atoms with Crippen molar-refractivity contribution < 1.29 is 34.8 Å². The van der Waals surface area contributed by atoms with Gasteiger partial charge >= 0.3 is 0 Å². The van der Waals surface area contributed by atoms with Crippen molar-refractivity contribution in [1.29, 1.82) is 0 Å². The van der Waals surface area contributed by atoms with Gasteiger partial charge in [-0.25, -0.2) is 0 Å². The SMILES string of the molecule is CC(=O)O.CC(O)CO.COc1cc(C=O)ccc1O. The van der Waals surface area contributed by atoms with Crippen molar-refractivity contribution in [2.45, 2.75) is 20.0 Å². The van der Waals surface area contributed by atoms with Gasteiger partial charge in [-0.15, -0.1) is 0 Å². The topological polar surface area (TPSA) is 124 Å². The maximum Gasteiger partial charge on any atom is 0.300 e. The molecule has 20 heavy (non-hydrogen) atoms. The summed E-state index contributed by atoms with van der Waals surface area (Å²) in [6.45, 7) is 2.47. The molecule has 0 heterocycles. The first-order valence-electron chi connectivity index (χ1n) is 5.59. The van der Waals surface area contributed by atoms with Gasteiger partial charge in [0.2, 0.25) is 0 Å². The Bertz CT molecular complexity index is 398. The molecule has 0 aromatic heterocycles. The lowest BCUT2D eigenvalue weighted by Crippen LogP contribution is -2.03. The fraction of sp³-hybridized carbons (Fsp3) is 0.385. The number of carbonyl (C=O) groups excluding carboxylic acids is 1. The second-order valence-electron chi connectivity index (χ2n) is 3.60. The van der Waals surface area contributed by atoms with Gasteiger partial charge in [0.05, 0.1) is 19.8 Å². The molecule has 1 rings (SSSR count). The number of benzene rings is 1. The van der Waals surface area contributed by atoms with Crippen LogP contribution in [0.25, 0.3) is 0 Å². The van der Waals surface area contributed by atoms with Gasteiger partial charge in [0, 0.05) is 12.5 Å². The number of aliphatic hydroxyl groups excluding tert-OH is 2. The standard InChI is InChI=1S/C8H8O3.C3H8O2.C2H4O2/c1-11-8-4-6(5-9)2-3-7(8)10;1-3(5)2-4;1-2(3)4/h2-5,10H,1H3;3-5H,2H2,1H3;1H3,(H,3,4). The van der Waals surface area contributed by atoms with E-state index in [0.29, 0.717) is 17.6 Å².